The van der Waals surface area contributed by atoms with Gasteiger partial charge in [-0.2, -0.15) is 0 Å². The molecule has 0 radical (unpaired) electrons. The Balaban J connectivity index is 1.47. The molecule has 0 bridgehead atoms. The van der Waals surface area contributed by atoms with Crippen molar-refractivity contribution in [3.63, 3.8) is 0 Å². The summed E-state index contributed by atoms with van der Waals surface area (Å²) in [6.45, 7) is 4.92. The molecule has 2 aliphatic heterocycles. The van der Waals surface area contributed by atoms with Gasteiger partial charge in [0.1, 0.15) is 0 Å². The highest BCUT2D eigenvalue weighted by Crippen LogP contribution is 2.65. The number of benzene rings is 2. The number of para-hydroxylation sites is 1. The van der Waals surface area contributed by atoms with Crippen LogP contribution in [0, 0.1) is 24.7 Å². The molecule has 2 heterocycles. The Morgan fingerprint density at radius 3 is 1.89 bits per heavy atom. The Morgan fingerprint density at radius 2 is 1.24 bits per heavy atom. The van der Waals surface area contributed by atoms with Crippen molar-refractivity contribution in [3.8, 4) is 0 Å². The topological polar surface area (TPSA) is 6.48 Å². The average Bonchev–Trinajstić information content (AvgIpc) is 3.65. The third-order valence-electron chi connectivity index (χ3n) is 11.6. The zero-order chi connectivity index (χ0) is 25.0. The fourth-order valence-corrected chi connectivity index (χ4v) is 10.2. The second-order valence-electron chi connectivity index (χ2n) is 13.3. The summed E-state index contributed by atoms with van der Waals surface area (Å²) in [5.41, 5.74) is 6.62. The zero-order valence-electron chi connectivity index (χ0n) is 23.4. The van der Waals surface area contributed by atoms with E-state index in [-0.39, 0.29) is 5.54 Å². The first-order valence-corrected chi connectivity index (χ1v) is 15.9. The lowest BCUT2D eigenvalue weighted by Crippen LogP contribution is -2.59. The predicted molar refractivity (Wildman–Crippen MR) is 155 cm³/mol. The summed E-state index contributed by atoms with van der Waals surface area (Å²) >= 11 is 0. The minimum absolute atomic E-state index is 0.223. The van der Waals surface area contributed by atoms with Crippen molar-refractivity contribution in [1.29, 1.82) is 0 Å². The first-order valence-electron chi connectivity index (χ1n) is 15.9. The molecule has 5 aliphatic rings. The van der Waals surface area contributed by atoms with Crippen molar-refractivity contribution < 1.29 is 0 Å². The standard InChI is InChI=1S/C35H48N2/c1-25-15-9-14-24-32(25)36-26(2)33-30-22-12-13-23-31(30)35(28-18-5-3-6-19-28,29-20-7-4-8-21-29)37(33)34(36)27-16-10-11-17-27/h9,12-15,22-24,26-29,33-34H,3-8,10-11,16-21H2,1-2H3/t26-,33?,34?/m0/s1. The van der Waals surface area contributed by atoms with Crippen molar-refractivity contribution in [2.24, 2.45) is 17.8 Å². The number of aryl methyl sites for hydroxylation is 1. The molecule has 3 atom stereocenters. The number of fused-ring (bicyclic) bond motifs is 3. The van der Waals surface area contributed by atoms with Gasteiger partial charge in [0.2, 0.25) is 0 Å². The largest absolute Gasteiger partial charge is 0.351 e. The molecule has 0 N–H and O–H groups in total. The Morgan fingerprint density at radius 1 is 0.676 bits per heavy atom. The Bertz CT molecular complexity index is 1070. The molecule has 0 aromatic heterocycles. The van der Waals surface area contributed by atoms with Crippen molar-refractivity contribution in [3.05, 3.63) is 65.2 Å². The summed E-state index contributed by atoms with van der Waals surface area (Å²) < 4.78 is 0. The molecule has 198 valence electrons. The van der Waals surface area contributed by atoms with Gasteiger partial charge in [-0.1, -0.05) is 93.8 Å². The van der Waals surface area contributed by atoms with Crippen LogP contribution < -0.4 is 4.90 Å². The summed E-state index contributed by atoms with van der Waals surface area (Å²) in [7, 11) is 0. The van der Waals surface area contributed by atoms with Gasteiger partial charge in [-0.3, -0.25) is 4.90 Å². The highest BCUT2D eigenvalue weighted by atomic mass is 15.5. The summed E-state index contributed by atoms with van der Waals surface area (Å²) in [6.07, 6.45) is 20.6. The lowest BCUT2D eigenvalue weighted by molar-refractivity contribution is -0.0752. The third kappa shape index (κ3) is 3.60. The lowest BCUT2D eigenvalue weighted by atomic mass is 9.61. The van der Waals surface area contributed by atoms with E-state index in [0.29, 0.717) is 18.2 Å². The molecule has 0 amide bonds. The molecular weight excluding hydrogens is 448 g/mol. The van der Waals surface area contributed by atoms with Crippen LogP contribution in [0.1, 0.15) is 120 Å². The molecule has 4 fully saturated rings. The molecule has 2 aromatic carbocycles. The zero-order valence-corrected chi connectivity index (χ0v) is 23.4. The fraction of sp³-hybridized carbons (Fsp3) is 0.657. The smallest absolute Gasteiger partial charge is 0.0866 e. The van der Waals surface area contributed by atoms with E-state index in [1.807, 2.05) is 0 Å². The summed E-state index contributed by atoms with van der Waals surface area (Å²) in [5, 5.41) is 0. The Kier molecular flexibility index (Phi) is 6.39. The maximum atomic E-state index is 3.26. The SMILES string of the molecule is Cc1ccccc1N1C(C2CCCC2)N2C(c3ccccc3C2(C2CCCCC2)C2CCCCC2)[C@@H]1C. The van der Waals surface area contributed by atoms with Crippen LogP contribution in [0.5, 0.6) is 0 Å². The van der Waals surface area contributed by atoms with Crippen molar-refractivity contribution >= 4 is 5.69 Å². The minimum Gasteiger partial charge on any atom is -0.351 e. The monoisotopic (exact) mass is 496 g/mol. The number of rotatable bonds is 4. The van der Waals surface area contributed by atoms with Crippen LogP contribution >= 0.6 is 0 Å². The Labute approximate surface area is 225 Å². The maximum Gasteiger partial charge on any atom is 0.0866 e. The predicted octanol–water partition coefficient (Wildman–Crippen LogP) is 9.13. The van der Waals surface area contributed by atoms with Crippen LogP contribution in [-0.2, 0) is 5.54 Å². The van der Waals surface area contributed by atoms with E-state index in [9.17, 15) is 0 Å². The van der Waals surface area contributed by atoms with Gasteiger partial charge in [-0.15, -0.1) is 0 Å². The van der Waals surface area contributed by atoms with E-state index >= 15 is 0 Å². The van der Waals surface area contributed by atoms with Gasteiger partial charge in [0.05, 0.1) is 17.7 Å². The van der Waals surface area contributed by atoms with Crippen molar-refractivity contribution in [1.82, 2.24) is 4.90 Å². The highest BCUT2D eigenvalue weighted by molar-refractivity contribution is 5.59. The second-order valence-corrected chi connectivity index (χ2v) is 13.3. The molecule has 7 rings (SSSR count). The van der Waals surface area contributed by atoms with E-state index in [1.165, 1.54) is 101 Å². The van der Waals surface area contributed by atoms with E-state index in [1.54, 1.807) is 11.1 Å². The lowest BCUT2D eigenvalue weighted by Gasteiger charge is -2.55. The van der Waals surface area contributed by atoms with E-state index in [4.69, 9.17) is 0 Å². The molecule has 3 aliphatic carbocycles. The van der Waals surface area contributed by atoms with Crippen LogP contribution in [0.2, 0.25) is 0 Å². The van der Waals surface area contributed by atoms with Gasteiger partial charge in [-0.25, -0.2) is 0 Å². The van der Waals surface area contributed by atoms with Crippen LogP contribution in [0.15, 0.2) is 48.5 Å². The molecule has 37 heavy (non-hydrogen) atoms. The van der Waals surface area contributed by atoms with Crippen LogP contribution in [0.4, 0.5) is 5.69 Å². The van der Waals surface area contributed by atoms with Gasteiger partial charge in [-0.05, 0) is 92.9 Å². The van der Waals surface area contributed by atoms with E-state index in [0.717, 1.165) is 17.8 Å². The van der Waals surface area contributed by atoms with Gasteiger partial charge < -0.3 is 4.90 Å². The van der Waals surface area contributed by atoms with Crippen LogP contribution in [0.3, 0.4) is 0 Å². The molecule has 2 nitrogen and oxygen atoms in total. The third-order valence-corrected chi connectivity index (χ3v) is 11.6. The number of hydrogen-bond donors (Lipinski definition) is 0. The van der Waals surface area contributed by atoms with Crippen molar-refractivity contribution in [2.45, 2.75) is 128 Å². The van der Waals surface area contributed by atoms with Crippen molar-refractivity contribution in [2.75, 3.05) is 4.90 Å². The molecule has 2 unspecified atom stereocenters. The molecular formula is C35H48N2. The van der Waals surface area contributed by atoms with Gasteiger partial charge in [0.15, 0.2) is 0 Å². The fourth-order valence-electron chi connectivity index (χ4n) is 10.2. The normalized spacial score (nSPS) is 31.1. The quantitative estimate of drug-likeness (QED) is 0.416. The summed E-state index contributed by atoms with van der Waals surface area (Å²) in [5.74, 6) is 2.40. The van der Waals surface area contributed by atoms with Crippen LogP contribution in [0.25, 0.3) is 0 Å². The molecule has 0 spiro atoms. The second kappa shape index (κ2) is 9.74. The molecule has 2 heteroatoms. The number of anilines is 1. The average molecular weight is 497 g/mol. The van der Waals surface area contributed by atoms with Gasteiger partial charge in [0.25, 0.3) is 0 Å². The summed E-state index contributed by atoms with van der Waals surface area (Å²) in [4.78, 5) is 6.21. The van der Waals surface area contributed by atoms with E-state index in [2.05, 4.69) is 72.2 Å². The number of hydrogen-bond acceptors (Lipinski definition) is 2. The van der Waals surface area contributed by atoms with Gasteiger partial charge >= 0.3 is 0 Å². The van der Waals surface area contributed by atoms with Crippen LogP contribution in [-0.4, -0.2) is 17.1 Å². The highest BCUT2D eigenvalue weighted by Gasteiger charge is 2.66. The summed E-state index contributed by atoms with van der Waals surface area (Å²) in [6, 6.07) is 20.2. The van der Waals surface area contributed by atoms with Gasteiger partial charge in [0, 0.05) is 11.7 Å². The first-order chi connectivity index (χ1) is 18.2. The minimum atomic E-state index is 0.223. The Hall–Kier alpha value is -1.80. The molecule has 2 aromatic rings. The van der Waals surface area contributed by atoms with E-state index < -0.39 is 0 Å². The first kappa shape index (κ1) is 24.3. The molecule has 1 saturated heterocycles. The maximum absolute atomic E-state index is 3.26. The molecule has 3 saturated carbocycles. The number of nitrogens with zero attached hydrogens (tertiary/aromatic N) is 2.